The van der Waals surface area contributed by atoms with E-state index >= 15 is 0 Å². The van der Waals surface area contributed by atoms with Crippen molar-refractivity contribution in [3.05, 3.63) is 78.4 Å². The third-order valence-corrected chi connectivity index (χ3v) is 6.50. The fraction of sp³-hybridized carbons (Fsp3) is 0.0500. The van der Waals surface area contributed by atoms with Crippen molar-refractivity contribution in [1.29, 1.82) is 0 Å². The van der Waals surface area contributed by atoms with Gasteiger partial charge in [0.1, 0.15) is 5.75 Å². The lowest BCUT2D eigenvalue weighted by Gasteiger charge is -2.11. The van der Waals surface area contributed by atoms with Crippen molar-refractivity contribution in [2.45, 2.75) is 9.79 Å². The number of anilines is 2. The number of hydrogen-bond donors (Lipinski definition) is 3. The highest BCUT2D eigenvalue weighted by atomic mass is 32.2. The van der Waals surface area contributed by atoms with Crippen LogP contribution >= 0.6 is 0 Å². The lowest BCUT2D eigenvalue weighted by Crippen LogP contribution is -2.16. The highest BCUT2D eigenvalue weighted by Gasteiger charge is 2.16. The number of amides is 1. The highest BCUT2D eigenvalue weighted by Crippen LogP contribution is 2.22. The molecule has 31 heavy (non-hydrogen) atoms. The van der Waals surface area contributed by atoms with Crippen LogP contribution in [-0.4, -0.2) is 29.9 Å². The van der Waals surface area contributed by atoms with E-state index in [1.54, 1.807) is 24.3 Å². The van der Waals surface area contributed by atoms with Gasteiger partial charge in [-0.15, -0.1) is 0 Å². The Hall–Kier alpha value is -3.41. The molecule has 3 aromatic carbocycles. The number of benzene rings is 3. The van der Waals surface area contributed by atoms with Crippen molar-refractivity contribution < 1.29 is 26.4 Å². The van der Waals surface area contributed by atoms with Crippen molar-refractivity contribution in [3.8, 4) is 5.75 Å². The number of sulfonamides is 2. The molecule has 0 bridgehead atoms. The second-order valence-electron chi connectivity index (χ2n) is 6.39. The molecule has 0 saturated heterocycles. The van der Waals surface area contributed by atoms with Gasteiger partial charge in [-0.3, -0.25) is 9.52 Å². The molecular weight excluding hydrogens is 442 g/mol. The van der Waals surface area contributed by atoms with Gasteiger partial charge in [-0.05, 0) is 66.7 Å². The van der Waals surface area contributed by atoms with Crippen LogP contribution in [0, 0.1) is 0 Å². The molecule has 0 saturated carbocycles. The number of primary sulfonamides is 1. The van der Waals surface area contributed by atoms with E-state index < -0.39 is 26.0 Å². The van der Waals surface area contributed by atoms with Gasteiger partial charge in [-0.25, -0.2) is 22.0 Å². The number of carbonyl (C=O) groups excluding carboxylic acids is 1. The van der Waals surface area contributed by atoms with Gasteiger partial charge < -0.3 is 10.1 Å². The quantitative estimate of drug-likeness (QED) is 0.493. The second kappa shape index (κ2) is 8.76. The molecule has 0 aromatic heterocycles. The lowest BCUT2D eigenvalue weighted by molar-refractivity contribution is 0.102. The van der Waals surface area contributed by atoms with E-state index in [0.29, 0.717) is 11.4 Å². The Morgan fingerprint density at radius 1 is 0.839 bits per heavy atom. The van der Waals surface area contributed by atoms with Crippen LogP contribution in [0.25, 0.3) is 0 Å². The maximum Gasteiger partial charge on any atom is 0.261 e. The molecule has 0 spiro atoms. The van der Waals surface area contributed by atoms with Crippen LogP contribution in [0.15, 0.2) is 82.6 Å². The minimum absolute atomic E-state index is 0.0503. The van der Waals surface area contributed by atoms with Crippen LogP contribution in [0.5, 0.6) is 5.75 Å². The Morgan fingerprint density at radius 3 is 2.06 bits per heavy atom. The van der Waals surface area contributed by atoms with Gasteiger partial charge in [0, 0.05) is 16.9 Å². The summed E-state index contributed by atoms with van der Waals surface area (Å²) in [5.74, 6) is 0.0448. The number of nitrogens with one attached hydrogen (secondary N) is 2. The molecule has 9 nitrogen and oxygen atoms in total. The maximum absolute atomic E-state index is 12.7. The topological polar surface area (TPSA) is 145 Å². The summed E-state index contributed by atoms with van der Waals surface area (Å²) in [4.78, 5) is 12.2. The predicted octanol–water partition coefficient (Wildman–Crippen LogP) is 2.40. The molecule has 0 aliphatic carbocycles. The first-order valence-electron chi connectivity index (χ1n) is 8.80. The van der Waals surface area contributed by atoms with Crippen LogP contribution in [-0.2, 0) is 20.0 Å². The monoisotopic (exact) mass is 461 g/mol. The maximum atomic E-state index is 12.7. The lowest BCUT2D eigenvalue weighted by atomic mass is 10.2. The average molecular weight is 462 g/mol. The Balaban J connectivity index is 1.76. The fourth-order valence-corrected chi connectivity index (χ4v) is 4.23. The molecule has 3 aromatic rings. The van der Waals surface area contributed by atoms with E-state index in [2.05, 4.69) is 10.0 Å². The fourth-order valence-electron chi connectivity index (χ4n) is 2.61. The third kappa shape index (κ3) is 5.60. The SMILES string of the molecule is COc1ccc(NS(=O)(=O)c2cccc(NC(=O)c3ccc(S(N)(=O)=O)cc3)c2)cc1. The zero-order chi connectivity index (χ0) is 22.6. The number of ether oxygens (including phenoxy) is 1. The molecule has 4 N–H and O–H groups in total. The molecule has 3 rings (SSSR count). The van der Waals surface area contributed by atoms with Crippen LogP contribution in [0.1, 0.15) is 10.4 Å². The normalized spacial score (nSPS) is 11.5. The van der Waals surface area contributed by atoms with Crippen molar-refractivity contribution in [1.82, 2.24) is 0 Å². The van der Waals surface area contributed by atoms with Gasteiger partial charge in [0.25, 0.3) is 15.9 Å². The van der Waals surface area contributed by atoms with E-state index in [0.717, 1.165) is 0 Å². The summed E-state index contributed by atoms with van der Waals surface area (Å²) in [5.41, 5.74) is 0.778. The summed E-state index contributed by atoms with van der Waals surface area (Å²) in [5, 5.41) is 7.62. The van der Waals surface area contributed by atoms with Gasteiger partial charge in [0.2, 0.25) is 10.0 Å². The Morgan fingerprint density at radius 2 is 1.48 bits per heavy atom. The van der Waals surface area contributed by atoms with Crippen molar-refractivity contribution in [2.24, 2.45) is 5.14 Å². The summed E-state index contributed by atoms with van der Waals surface area (Å²) in [6.45, 7) is 0. The first kappa shape index (κ1) is 22.3. The third-order valence-electron chi connectivity index (χ3n) is 4.19. The van der Waals surface area contributed by atoms with Crippen LogP contribution in [0.3, 0.4) is 0 Å². The highest BCUT2D eigenvalue weighted by molar-refractivity contribution is 7.92. The van der Waals surface area contributed by atoms with E-state index in [-0.39, 0.29) is 21.0 Å². The van der Waals surface area contributed by atoms with Crippen LogP contribution in [0.4, 0.5) is 11.4 Å². The summed E-state index contributed by atoms with van der Waals surface area (Å²) >= 11 is 0. The van der Waals surface area contributed by atoms with Gasteiger partial charge in [0.05, 0.1) is 16.9 Å². The predicted molar refractivity (Wildman–Crippen MR) is 116 cm³/mol. The van der Waals surface area contributed by atoms with Gasteiger partial charge in [0.15, 0.2) is 0 Å². The van der Waals surface area contributed by atoms with Crippen LogP contribution < -0.4 is 19.9 Å². The van der Waals surface area contributed by atoms with E-state index in [9.17, 15) is 21.6 Å². The molecule has 0 aliphatic heterocycles. The Labute approximate surface area is 180 Å². The number of methoxy groups -OCH3 is 1. The minimum Gasteiger partial charge on any atom is -0.497 e. The molecule has 0 unspecified atom stereocenters. The number of nitrogens with two attached hydrogens (primary N) is 1. The van der Waals surface area contributed by atoms with E-state index in [4.69, 9.17) is 9.88 Å². The van der Waals surface area contributed by atoms with Gasteiger partial charge in [-0.1, -0.05) is 6.07 Å². The summed E-state index contributed by atoms with van der Waals surface area (Å²) in [6, 6.07) is 17.1. The second-order valence-corrected chi connectivity index (χ2v) is 9.63. The number of rotatable bonds is 7. The summed E-state index contributed by atoms with van der Waals surface area (Å²) in [7, 11) is -6.26. The smallest absolute Gasteiger partial charge is 0.261 e. The largest absolute Gasteiger partial charge is 0.497 e. The molecule has 162 valence electrons. The number of carbonyl (C=O) groups is 1. The molecule has 0 fully saturated rings. The summed E-state index contributed by atoms with van der Waals surface area (Å²) < 4.78 is 55.5. The van der Waals surface area contributed by atoms with Gasteiger partial charge >= 0.3 is 0 Å². The Bertz CT molecular complexity index is 1300. The first-order chi connectivity index (χ1) is 14.6. The van der Waals surface area contributed by atoms with Crippen molar-refractivity contribution >= 4 is 37.3 Å². The molecule has 1 amide bonds. The molecule has 0 atom stereocenters. The molecule has 0 aliphatic rings. The Kier molecular flexibility index (Phi) is 6.29. The summed E-state index contributed by atoms with van der Waals surface area (Å²) in [6.07, 6.45) is 0. The molecule has 0 radical (unpaired) electrons. The molecule has 11 heteroatoms. The zero-order valence-corrected chi connectivity index (χ0v) is 17.9. The number of hydrogen-bond acceptors (Lipinski definition) is 6. The molecular formula is C20H19N3O6S2. The van der Waals surface area contributed by atoms with Gasteiger partial charge in [-0.2, -0.15) is 0 Å². The molecule has 0 heterocycles. The standard InChI is InChI=1S/C20H19N3O6S2/c1-29-17-9-7-15(8-10-17)23-31(27,28)19-4-2-3-16(13-19)22-20(24)14-5-11-18(12-6-14)30(21,25)26/h2-13,23H,1H3,(H,22,24)(H2,21,25,26). The van der Waals surface area contributed by atoms with Crippen LogP contribution in [0.2, 0.25) is 0 Å². The van der Waals surface area contributed by atoms with Crippen molar-refractivity contribution in [3.63, 3.8) is 0 Å². The zero-order valence-electron chi connectivity index (χ0n) is 16.3. The van der Waals surface area contributed by atoms with Crippen molar-refractivity contribution in [2.75, 3.05) is 17.1 Å². The minimum atomic E-state index is -3.90. The first-order valence-corrected chi connectivity index (χ1v) is 11.8. The van der Waals surface area contributed by atoms with E-state index in [1.807, 2.05) is 0 Å². The van der Waals surface area contributed by atoms with E-state index in [1.165, 1.54) is 55.6 Å². The average Bonchev–Trinajstić information content (AvgIpc) is 2.74.